The number of furan rings is 1. The molecule has 3 aromatic rings. The molecule has 0 aliphatic heterocycles. The minimum Gasteiger partial charge on any atom is -0.493 e. The predicted octanol–water partition coefficient (Wildman–Crippen LogP) is 4.20. The average molecular weight is 282 g/mol. The third-order valence-electron chi connectivity index (χ3n) is 3.22. The van der Waals surface area contributed by atoms with Gasteiger partial charge in [-0.2, -0.15) is 0 Å². The monoisotopic (exact) mass is 282 g/mol. The number of hydrogen-bond donors (Lipinski definition) is 1. The van der Waals surface area contributed by atoms with Crippen LogP contribution in [0.1, 0.15) is 17.3 Å². The Kier molecular flexibility index (Phi) is 3.36. The van der Waals surface area contributed by atoms with Gasteiger partial charge < -0.3 is 14.3 Å². The molecule has 0 spiro atoms. The fraction of sp³-hybridized carbons (Fsp3) is 0.118. The van der Waals surface area contributed by atoms with Crippen LogP contribution in [0.5, 0.6) is 5.75 Å². The van der Waals surface area contributed by atoms with Gasteiger partial charge in [-0.3, -0.25) is 0 Å². The van der Waals surface area contributed by atoms with Gasteiger partial charge >= 0.3 is 5.97 Å². The quantitative estimate of drug-likeness (QED) is 0.779. The first-order valence-corrected chi connectivity index (χ1v) is 6.68. The van der Waals surface area contributed by atoms with Crippen LogP contribution in [-0.2, 0) is 0 Å². The van der Waals surface area contributed by atoms with E-state index in [0.717, 1.165) is 11.0 Å². The second-order valence-electron chi connectivity index (χ2n) is 4.60. The second-order valence-corrected chi connectivity index (χ2v) is 4.60. The number of rotatable bonds is 4. The van der Waals surface area contributed by atoms with Crippen molar-refractivity contribution in [3.63, 3.8) is 0 Å². The molecule has 0 fully saturated rings. The molecule has 106 valence electrons. The molecular weight excluding hydrogens is 268 g/mol. The summed E-state index contributed by atoms with van der Waals surface area (Å²) in [6.45, 7) is 2.38. The number of carbonyl (C=O) groups is 1. The van der Waals surface area contributed by atoms with E-state index in [2.05, 4.69) is 0 Å². The Morgan fingerprint density at radius 2 is 2.00 bits per heavy atom. The molecule has 0 amide bonds. The van der Waals surface area contributed by atoms with Crippen LogP contribution in [0.2, 0.25) is 0 Å². The van der Waals surface area contributed by atoms with Crippen LogP contribution >= 0.6 is 0 Å². The van der Waals surface area contributed by atoms with Crippen LogP contribution < -0.4 is 4.74 Å². The second kappa shape index (κ2) is 5.32. The van der Waals surface area contributed by atoms with Gasteiger partial charge in [-0.05, 0) is 37.3 Å². The van der Waals surface area contributed by atoms with E-state index in [0.29, 0.717) is 23.7 Å². The lowest BCUT2D eigenvalue weighted by molar-refractivity contribution is 0.0697. The van der Waals surface area contributed by atoms with Gasteiger partial charge in [0.25, 0.3) is 0 Å². The van der Waals surface area contributed by atoms with Crippen molar-refractivity contribution in [2.24, 2.45) is 0 Å². The molecule has 0 saturated carbocycles. The van der Waals surface area contributed by atoms with E-state index in [1.807, 2.05) is 37.3 Å². The number of carboxylic acids is 1. The highest BCUT2D eigenvalue weighted by Crippen LogP contribution is 2.35. The number of benzene rings is 2. The number of fused-ring (bicyclic) bond motifs is 1. The number of hydrogen-bond acceptors (Lipinski definition) is 3. The maximum atomic E-state index is 11.2. The predicted molar refractivity (Wildman–Crippen MR) is 79.8 cm³/mol. The minimum atomic E-state index is -0.976. The van der Waals surface area contributed by atoms with Crippen LogP contribution in [0.15, 0.2) is 52.9 Å². The number of aromatic carboxylic acids is 1. The van der Waals surface area contributed by atoms with E-state index >= 15 is 0 Å². The Labute approximate surface area is 121 Å². The van der Waals surface area contributed by atoms with Crippen molar-refractivity contribution in [1.82, 2.24) is 0 Å². The molecule has 0 radical (unpaired) electrons. The van der Waals surface area contributed by atoms with Gasteiger partial charge in [0, 0.05) is 5.39 Å². The lowest BCUT2D eigenvalue weighted by atomic mass is 10.1. The number of carboxylic acid groups (broad SMARTS) is 1. The average Bonchev–Trinajstić information content (AvgIpc) is 2.91. The van der Waals surface area contributed by atoms with Gasteiger partial charge in [-0.15, -0.1) is 0 Å². The largest absolute Gasteiger partial charge is 0.493 e. The van der Waals surface area contributed by atoms with Crippen LogP contribution in [0.4, 0.5) is 0 Å². The SMILES string of the molecule is CCOc1ccc(C(=O)O)cc1-c1cc2ccccc2o1. The van der Waals surface area contributed by atoms with Crippen LogP contribution in [0, 0.1) is 0 Å². The first-order valence-electron chi connectivity index (χ1n) is 6.68. The molecule has 1 heterocycles. The molecule has 0 saturated heterocycles. The molecule has 1 N–H and O–H groups in total. The summed E-state index contributed by atoms with van der Waals surface area (Å²) in [7, 11) is 0. The van der Waals surface area contributed by atoms with Crippen molar-refractivity contribution < 1.29 is 19.1 Å². The van der Waals surface area contributed by atoms with Gasteiger partial charge in [-0.1, -0.05) is 18.2 Å². The van der Waals surface area contributed by atoms with Gasteiger partial charge in [0.1, 0.15) is 17.1 Å². The Hall–Kier alpha value is -2.75. The fourth-order valence-corrected chi connectivity index (χ4v) is 2.25. The van der Waals surface area contributed by atoms with E-state index in [4.69, 9.17) is 14.3 Å². The third-order valence-corrected chi connectivity index (χ3v) is 3.22. The smallest absolute Gasteiger partial charge is 0.335 e. The van der Waals surface area contributed by atoms with Crippen LogP contribution in [0.25, 0.3) is 22.3 Å². The normalized spacial score (nSPS) is 10.7. The summed E-state index contributed by atoms with van der Waals surface area (Å²) in [6.07, 6.45) is 0. The van der Waals surface area contributed by atoms with Crippen molar-refractivity contribution >= 4 is 16.9 Å². The molecule has 0 atom stereocenters. The molecule has 0 unspecified atom stereocenters. The molecule has 4 heteroatoms. The summed E-state index contributed by atoms with van der Waals surface area (Å²) in [5.41, 5.74) is 1.61. The van der Waals surface area contributed by atoms with E-state index in [9.17, 15) is 4.79 Å². The molecular formula is C17H14O4. The lowest BCUT2D eigenvalue weighted by Crippen LogP contribution is -1.99. The Morgan fingerprint density at radius 1 is 1.19 bits per heavy atom. The van der Waals surface area contributed by atoms with Crippen molar-refractivity contribution in [2.75, 3.05) is 6.61 Å². The van der Waals surface area contributed by atoms with Crippen molar-refractivity contribution in [1.29, 1.82) is 0 Å². The third kappa shape index (κ3) is 2.48. The van der Waals surface area contributed by atoms with Gasteiger partial charge in [0.15, 0.2) is 0 Å². The van der Waals surface area contributed by atoms with Gasteiger partial charge in [-0.25, -0.2) is 4.79 Å². The number of para-hydroxylation sites is 1. The highest BCUT2D eigenvalue weighted by Gasteiger charge is 2.14. The Bertz CT molecular complexity index is 768. The van der Waals surface area contributed by atoms with E-state index in [1.165, 1.54) is 6.07 Å². The summed E-state index contributed by atoms with van der Waals surface area (Å²) in [5, 5.41) is 10.1. The summed E-state index contributed by atoms with van der Waals surface area (Å²) in [4.78, 5) is 11.2. The summed E-state index contributed by atoms with van der Waals surface area (Å²) in [5.74, 6) is 0.236. The van der Waals surface area contributed by atoms with E-state index < -0.39 is 5.97 Å². The summed E-state index contributed by atoms with van der Waals surface area (Å²) >= 11 is 0. The minimum absolute atomic E-state index is 0.203. The van der Waals surface area contributed by atoms with Gasteiger partial charge in [0.2, 0.25) is 0 Å². The molecule has 21 heavy (non-hydrogen) atoms. The van der Waals surface area contributed by atoms with Crippen molar-refractivity contribution in [3.05, 3.63) is 54.1 Å². The van der Waals surface area contributed by atoms with E-state index in [-0.39, 0.29) is 5.56 Å². The molecule has 0 bridgehead atoms. The van der Waals surface area contributed by atoms with Crippen molar-refractivity contribution in [2.45, 2.75) is 6.92 Å². The molecule has 4 nitrogen and oxygen atoms in total. The summed E-state index contributed by atoms with van der Waals surface area (Å²) < 4.78 is 11.4. The Morgan fingerprint density at radius 3 is 2.71 bits per heavy atom. The topological polar surface area (TPSA) is 59.7 Å². The maximum Gasteiger partial charge on any atom is 0.335 e. The Balaban J connectivity index is 2.17. The number of ether oxygens (including phenoxy) is 1. The van der Waals surface area contributed by atoms with Crippen LogP contribution in [-0.4, -0.2) is 17.7 Å². The first kappa shape index (κ1) is 13.2. The highest BCUT2D eigenvalue weighted by molar-refractivity contribution is 5.91. The molecule has 0 aliphatic carbocycles. The van der Waals surface area contributed by atoms with Crippen LogP contribution in [0.3, 0.4) is 0 Å². The zero-order valence-electron chi connectivity index (χ0n) is 11.5. The maximum absolute atomic E-state index is 11.2. The molecule has 3 rings (SSSR count). The highest BCUT2D eigenvalue weighted by atomic mass is 16.5. The standard InChI is InChI=1S/C17H14O4/c1-2-20-15-8-7-12(17(18)19)9-13(15)16-10-11-5-3-4-6-14(11)21-16/h3-10H,2H2,1H3,(H,18,19). The zero-order chi connectivity index (χ0) is 14.8. The molecule has 1 aromatic heterocycles. The lowest BCUT2D eigenvalue weighted by Gasteiger charge is -2.09. The van der Waals surface area contributed by atoms with Gasteiger partial charge in [0.05, 0.1) is 17.7 Å². The first-order chi connectivity index (χ1) is 10.2. The van der Waals surface area contributed by atoms with Crippen molar-refractivity contribution in [3.8, 4) is 17.1 Å². The fourth-order valence-electron chi connectivity index (χ4n) is 2.25. The molecule has 0 aliphatic rings. The van der Waals surface area contributed by atoms with E-state index in [1.54, 1.807) is 12.1 Å². The summed E-state index contributed by atoms with van der Waals surface area (Å²) in [6, 6.07) is 14.3. The zero-order valence-corrected chi connectivity index (χ0v) is 11.5. The molecule has 2 aromatic carbocycles.